The van der Waals surface area contributed by atoms with Gasteiger partial charge in [-0.3, -0.25) is 0 Å². The van der Waals surface area contributed by atoms with Crippen molar-refractivity contribution in [3.8, 4) is 5.88 Å². The molecule has 0 amide bonds. The number of ether oxygens (including phenoxy) is 1. The zero-order valence-corrected chi connectivity index (χ0v) is 11.9. The topological polar surface area (TPSA) is 35.0 Å². The van der Waals surface area contributed by atoms with Gasteiger partial charge in [-0.15, -0.1) is 0 Å². The summed E-state index contributed by atoms with van der Waals surface area (Å²) in [5, 5.41) is 0. The van der Waals surface area contributed by atoms with Gasteiger partial charge in [-0.25, -0.2) is 9.97 Å². The molecule has 16 heavy (non-hydrogen) atoms. The lowest BCUT2D eigenvalue weighted by molar-refractivity contribution is 0.322. The number of hydrogen-bond donors (Lipinski definition) is 0. The zero-order chi connectivity index (χ0) is 12.1. The summed E-state index contributed by atoms with van der Waals surface area (Å²) < 4.78 is 5.47. The lowest BCUT2D eigenvalue weighted by Crippen LogP contribution is -2.12. The fraction of sp³-hybridized carbons (Fsp3) is 0.667. The van der Waals surface area contributed by atoms with Crippen molar-refractivity contribution in [1.29, 1.82) is 0 Å². The Morgan fingerprint density at radius 2 is 2.06 bits per heavy atom. The summed E-state index contributed by atoms with van der Waals surface area (Å²) in [6.07, 6.45) is 2.66. The summed E-state index contributed by atoms with van der Waals surface area (Å²) in [5.74, 6) is 1.07. The highest BCUT2D eigenvalue weighted by Gasteiger charge is 2.19. The van der Waals surface area contributed by atoms with E-state index in [1.54, 1.807) is 6.33 Å². The van der Waals surface area contributed by atoms with Crippen LogP contribution in [0.4, 0.5) is 0 Å². The first kappa shape index (κ1) is 13.4. The van der Waals surface area contributed by atoms with Crippen LogP contribution in [0.1, 0.15) is 44.4 Å². The summed E-state index contributed by atoms with van der Waals surface area (Å²) in [5.41, 5.74) is 2.12. The molecule has 0 fully saturated rings. The second-order valence-electron chi connectivity index (χ2n) is 3.83. The van der Waals surface area contributed by atoms with Crippen LogP contribution >= 0.6 is 15.9 Å². The van der Waals surface area contributed by atoms with Crippen LogP contribution in [0.3, 0.4) is 0 Å². The Bertz CT molecular complexity index is 344. The SMILES string of the molecule is CCOc1ncnc(C(C)C(Br)CC)c1C. The number of rotatable bonds is 5. The van der Waals surface area contributed by atoms with Gasteiger partial charge in [0.1, 0.15) is 6.33 Å². The predicted molar refractivity (Wildman–Crippen MR) is 69.4 cm³/mol. The number of hydrogen-bond acceptors (Lipinski definition) is 3. The van der Waals surface area contributed by atoms with E-state index in [1.165, 1.54) is 0 Å². The average molecular weight is 287 g/mol. The van der Waals surface area contributed by atoms with E-state index in [0.29, 0.717) is 23.2 Å². The van der Waals surface area contributed by atoms with Crippen LogP contribution in [0, 0.1) is 6.92 Å². The third-order valence-electron chi connectivity index (χ3n) is 2.72. The fourth-order valence-electron chi connectivity index (χ4n) is 1.71. The summed E-state index contributed by atoms with van der Waals surface area (Å²) in [6.45, 7) is 8.96. The molecule has 4 heteroatoms. The third kappa shape index (κ3) is 2.94. The molecule has 3 nitrogen and oxygen atoms in total. The minimum atomic E-state index is 0.368. The van der Waals surface area contributed by atoms with Crippen molar-refractivity contribution in [2.45, 2.75) is 44.9 Å². The second kappa shape index (κ2) is 6.18. The average Bonchev–Trinajstić information content (AvgIpc) is 2.30. The van der Waals surface area contributed by atoms with Crippen molar-refractivity contribution in [2.75, 3.05) is 6.61 Å². The third-order valence-corrected chi connectivity index (χ3v) is 4.16. The maximum atomic E-state index is 5.47. The van der Waals surface area contributed by atoms with Crippen LogP contribution in [0.5, 0.6) is 5.88 Å². The van der Waals surface area contributed by atoms with Crippen molar-refractivity contribution in [2.24, 2.45) is 0 Å². The molecule has 90 valence electrons. The minimum Gasteiger partial charge on any atom is -0.478 e. The molecule has 1 rings (SSSR count). The quantitative estimate of drug-likeness (QED) is 0.778. The molecule has 0 aliphatic heterocycles. The first-order valence-electron chi connectivity index (χ1n) is 5.70. The van der Waals surface area contributed by atoms with Crippen LogP contribution in [-0.4, -0.2) is 21.4 Å². The van der Waals surface area contributed by atoms with E-state index in [4.69, 9.17) is 4.74 Å². The van der Waals surface area contributed by atoms with Crippen LogP contribution in [0.2, 0.25) is 0 Å². The standard InChI is InChI=1S/C12H19BrN2O/c1-5-10(13)8(3)11-9(4)12(16-6-2)15-7-14-11/h7-8,10H,5-6H2,1-4H3. The minimum absolute atomic E-state index is 0.368. The van der Waals surface area contributed by atoms with Crippen molar-refractivity contribution < 1.29 is 4.74 Å². The molecule has 0 aliphatic rings. The number of nitrogens with zero attached hydrogens (tertiary/aromatic N) is 2. The van der Waals surface area contributed by atoms with Crippen molar-refractivity contribution in [3.05, 3.63) is 17.6 Å². The lowest BCUT2D eigenvalue weighted by Gasteiger charge is -2.19. The van der Waals surface area contributed by atoms with E-state index in [2.05, 4.69) is 39.7 Å². The molecule has 0 N–H and O–H groups in total. The Labute approximate surface area is 106 Å². The van der Waals surface area contributed by atoms with Crippen LogP contribution in [0.15, 0.2) is 6.33 Å². The molecular weight excluding hydrogens is 268 g/mol. The van der Waals surface area contributed by atoms with Crippen molar-refractivity contribution in [3.63, 3.8) is 0 Å². The molecule has 1 aromatic rings. The largest absolute Gasteiger partial charge is 0.478 e. The van der Waals surface area contributed by atoms with Gasteiger partial charge in [-0.05, 0) is 20.3 Å². The second-order valence-corrected chi connectivity index (χ2v) is 5.01. The molecule has 2 atom stereocenters. The van der Waals surface area contributed by atoms with E-state index in [9.17, 15) is 0 Å². The molecule has 0 radical (unpaired) electrons. The highest BCUT2D eigenvalue weighted by Crippen LogP contribution is 2.30. The van der Waals surface area contributed by atoms with E-state index >= 15 is 0 Å². The van der Waals surface area contributed by atoms with Gasteiger partial charge in [-0.2, -0.15) is 0 Å². The van der Waals surface area contributed by atoms with Gasteiger partial charge in [0.25, 0.3) is 0 Å². The summed E-state index contributed by atoms with van der Waals surface area (Å²) in [6, 6.07) is 0. The molecule has 0 aliphatic carbocycles. The number of halogens is 1. The molecular formula is C12H19BrN2O. The Kier molecular flexibility index (Phi) is 5.19. The molecule has 0 saturated carbocycles. The Morgan fingerprint density at radius 1 is 1.38 bits per heavy atom. The molecule has 1 aromatic heterocycles. The van der Waals surface area contributed by atoms with Crippen LogP contribution in [0.25, 0.3) is 0 Å². The molecule has 0 aromatic carbocycles. The first-order valence-corrected chi connectivity index (χ1v) is 6.61. The van der Waals surface area contributed by atoms with Gasteiger partial charge in [0.15, 0.2) is 0 Å². The van der Waals surface area contributed by atoms with Gasteiger partial charge in [-0.1, -0.05) is 29.8 Å². The van der Waals surface area contributed by atoms with Crippen LogP contribution < -0.4 is 4.74 Å². The summed E-state index contributed by atoms with van der Waals surface area (Å²) in [4.78, 5) is 8.96. The normalized spacial score (nSPS) is 14.6. The molecule has 0 saturated heterocycles. The van der Waals surface area contributed by atoms with E-state index < -0.39 is 0 Å². The zero-order valence-electron chi connectivity index (χ0n) is 10.3. The molecule has 1 heterocycles. The maximum Gasteiger partial charge on any atom is 0.219 e. The smallest absolute Gasteiger partial charge is 0.219 e. The highest BCUT2D eigenvalue weighted by atomic mass is 79.9. The monoisotopic (exact) mass is 286 g/mol. The van der Waals surface area contributed by atoms with Crippen LogP contribution in [-0.2, 0) is 0 Å². The van der Waals surface area contributed by atoms with Gasteiger partial charge in [0.05, 0.1) is 12.3 Å². The molecule has 0 spiro atoms. The van der Waals surface area contributed by atoms with Crippen molar-refractivity contribution in [1.82, 2.24) is 9.97 Å². The molecule has 0 bridgehead atoms. The molecule has 2 unspecified atom stereocenters. The lowest BCUT2D eigenvalue weighted by atomic mass is 9.98. The highest BCUT2D eigenvalue weighted by molar-refractivity contribution is 9.09. The fourth-order valence-corrected chi connectivity index (χ4v) is 1.96. The Hall–Kier alpha value is -0.640. The van der Waals surface area contributed by atoms with Gasteiger partial charge < -0.3 is 4.74 Å². The predicted octanol–water partition coefficient (Wildman–Crippen LogP) is 3.46. The maximum absolute atomic E-state index is 5.47. The summed E-state index contributed by atoms with van der Waals surface area (Å²) >= 11 is 3.68. The van der Waals surface area contributed by atoms with E-state index in [0.717, 1.165) is 17.7 Å². The van der Waals surface area contributed by atoms with E-state index in [1.807, 2.05) is 13.8 Å². The number of aromatic nitrogens is 2. The van der Waals surface area contributed by atoms with Gasteiger partial charge >= 0.3 is 0 Å². The Morgan fingerprint density at radius 3 is 2.62 bits per heavy atom. The first-order chi connectivity index (χ1) is 7.61. The van der Waals surface area contributed by atoms with Crippen molar-refractivity contribution >= 4 is 15.9 Å². The van der Waals surface area contributed by atoms with E-state index in [-0.39, 0.29) is 0 Å². The Balaban J connectivity index is 3.00. The van der Waals surface area contributed by atoms with Gasteiger partial charge in [0.2, 0.25) is 5.88 Å². The summed E-state index contributed by atoms with van der Waals surface area (Å²) in [7, 11) is 0. The number of alkyl halides is 1. The van der Waals surface area contributed by atoms with Gasteiger partial charge in [0, 0.05) is 16.3 Å².